The van der Waals surface area contributed by atoms with Crippen LogP contribution in [-0.4, -0.2) is 58.1 Å². The van der Waals surface area contributed by atoms with E-state index in [0.717, 1.165) is 18.5 Å². The molecular weight excluding hydrogens is 294 g/mol. The standard InChI is InChI=1S/C17H29N3O3/c1-17(2,3)15-12-14(19(4)18-15)16(22)20-8-6-13(7-9-20)23-11-5-10-21/h12-13,21H,5-11H2,1-4H3. The Hall–Kier alpha value is -1.40. The topological polar surface area (TPSA) is 67.6 Å². The largest absolute Gasteiger partial charge is 0.396 e. The van der Waals surface area contributed by atoms with Crippen molar-refractivity contribution < 1.29 is 14.6 Å². The second-order valence-electron chi connectivity index (χ2n) is 7.23. The molecule has 1 aliphatic rings. The molecule has 0 atom stereocenters. The van der Waals surface area contributed by atoms with Gasteiger partial charge in [-0.25, -0.2) is 0 Å². The first kappa shape index (κ1) is 17.9. The molecule has 1 amide bonds. The minimum atomic E-state index is -0.0656. The highest BCUT2D eigenvalue weighted by Gasteiger charge is 2.27. The molecule has 6 heteroatoms. The van der Waals surface area contributed by atoms with Crippen molar-refractivity contribution in [3.05, 3.63) is 17.5 Å². The number of carbonyl (C=O) groups is 1. The lowest BCUT2D eigenvalue weighted by atomic mass is 9.92. The molecule has 1 aromatic heterocycles. The van der Waals surface area contributed by atoms with Crippen LogP contribution in [-0.2, 0) is 17.2 Å². The number of piperidine rings is 1. The fourth-order valence-electron chi connectivity index (χ4n) is 2.74. The van der Waals surface area contributed by atoms with E-state index in [1.54, 1.807) is 4.68 Å². The summed E-state index contributed by atoms with van der Waals surface area (Å²) in [5, 5.41) is 13.3. The highest BCUT2D eigenvalue weighted by Crippen LogP contribution is 2.23. The average Bonchev–Trinajstić information content (AvgIpc) is 2.90. The summed E-state index contributed by atoms with van der Waals surface area (Å²) in [7, 11) is 1.83. The molecule has 1 fully saturated rings. The number of nitrogens with zero attached hydrogens (tertiary/aromatic N) is 3. The van der Waals surface area contributed by atoms with Crippen LogP contribution in [0.5, 0.6) is 0 Å². The van der Waals surface area contributed by atoms with Gasteiger partial charge in [0.2, 0.25) is 0 Å². The van der Waals surface area contributed by atoms with Crippen LogP contribution in [0.4, 0.5) is 0 Å². The molecule has 1 N–H and O–H groups in total. The van der Waals surface area contributed by atoms with E-state index in [1.807, 2.05) is 18.0 Å². The summed E-state index contributed by atoms with van der Waals surface area (Å²) in [6.07, 6.45) is 2.56. The van der Waals surface area contributed by atoms with Gasteiger partial charge < -0.3 is 14.7 Å². The van der Waals surface area contributed by atoms with E-state index in [4.69, 9.17) is 9.84 Å². The van der Waals surface area contributed by atoms with Crippen LogP contribution in [0.3, 0.4) is 0 Å². The average molecular weight is 323 g/mol. The van der Waals surface area contributed by atoms with Crippen molar-refractivity contribution in [2.75, 3.05) is 26.3 Å². The number of hydrogen-bond acceptors (Lipinski definition) is 4. The lowest BCUT2D eigenvalue weighted by Gasteiger charge is -2.31. The first-order chi connectivity index (χ1) is 10.8. The van der Waals surface area contributed by atoms with Gasteiger partial charge in [0, 0.05) is 38.8 Å². The van der Waals surface area contributed by atoms with Gasteiger partial charge in [-0.05, 0) is 25.3 Å². The number of ether oxygens (including phenoxy) is 1. The van der Waals surface area contributed by atoms with Gasteiger partial charge in [-0.2, -0.15) is 5.10 Å². The first-order valence-electron chi connectivity index (χ1n) is 8.39. The number of carbonyl (C=O) groups excluding carboxylic acids is 1. The summed E-state index contributed by atoms with van der Waals surface area (Å²) in [5.41, 5.74) is 1.52. The summed E-state index contributed by atoms with van der Waals surface area (Å²) in [4.78, 5) is 14.6. The van der Waals surface area contributed by atoms with Gasteiger partial charge >= 0.3 is 0 Å². The highest BCUT2D eigenvalue weighted by molar-refractivity contribution is 5.92. The van der Waals surface area contributed by atoms with E-state index in [2.05, 4.69) is 25.9 Å². The van der Waals surface area contributed by atoms with Crippen LogP contribution in [0.25, 0.3) is 0 Å². The van der Waals surface area contributed by atoms with Crippen LogP contribution >= 0.6 is 0 Å². The van der Waals surface area contributed by atoms with Gasteiger partial charge in [0.25, 0.3) is 5.91 Å². The lowest BCUT2D eigenvalue weighted by Crippen LogP contribution is -2.41. The molecule has 6 nitrogen and oxygen atoms in total. The summed E-state index contributed by atoms with van der Waals surface area (Å²) in [5.74, 6) is 0.0457. The Morgan fingerprint density at radius 2 is 2.04 bits per heavy atom. The summed E-state index contributed by atoms with van der Waals surface area (Å²) in [6, 6.07) is 1.91. The number of aromatic nitrogens is 2. The summed E-state index contributed by atoms with van der Waals surface area (Å²) in [6.45, 7) is 8.45. The molecule has 0 saturated carbocycles. The van der Waals surface area contributed by atoms with E-state index >= 15 is 0 Å². The Morgan fingerprint density at radius 3 is 2.57 bits per heavy atom. The Bertz CT molecular complexity index is 526. The van der Waals surface area contributed by atoms with Gasteiger partial charge in [0.05, 0.1) is 11.8 Å². The zero-order valence-electron chi connectivity index (χ0n) is 14.7. The third kappa shape index (κ3) is 4.54. The molecule has 23 heavy (non-hydrogen) atoms. The molecule has 0 aliphatic carbocycles. The number of likely N-dealkylation sites (tertiary alicyclic amines) is 1. The van der Waals surface area contributed by atoms with E-state index < -0.39 is 0 Å². The molecule has 0 bridgehead atoms. The van der Waals surface area contributed by atoms with E-state index in [0.29, 0.717) is 31.8 Å². The molecule has 1 aromatic rings. The maximum atomic E-state index is 12.7. The predicted octanol–water partition coefficient (Wildman–Crippen LogP) is 1.72. The maximum absolute atomic E-state index is 12.7. The number of aliphatic hydroxyl groups excluding tert-OH is 1. The Kier molecular flexibility index (Phi) is 5.81. The quantitative estimate of drug-likeness (QED) is 0.838. The Labute approximate surface area is 138 Å². The van der Waals surface area contributed by atoms with Crippen molar-refractivity contribution >= 4 is 5.91 Å². The second kappa shape index (κ2) is 7.45. The minimum absolute atomic E-state index is 0.0457. The Morgan fingerprint density at radius 1 is 1.39 bits per heavy atom. The lowest BCUT2D eigenvalue weighted by molar-refractivity contribution is 0.00373. The van der Waals surface area contributed by atoms with E-state index in [9.17, 15) is 4.79 Å². The molecule has 1 aliphatic heterocycles. The first-order valence-corrected chi connectivity index (χ1v) is 8.39. The second-order valence-corrected chi connectivity index (χ2v) is 7.23. The number of aliphatic hydroxyl groups is 1. The summed E-state index contributed by atoms with van der Waals surface area (Å²) >= 11 is 0. The number of aryl methyl sites for hydroxylation is 1. The highest BCUT2D eigenvalue weighted by atomic mass is 16.5. The van der Waals surface area contributed by atoms with Crippen molar-refractivity contribution in [3.8, 4) is 0 Å². The molecule has 0 spiro atoms. The molecular formula is C17H29N3O3. The van der Waals surface area contributed by atoms with Gasteiger partial charge in [-0.3, -0.25) is 9.48 Å². The summed E-state index contributed by atoms with van der Waals surface area (Å²) < 4.78 is 7.40. The minimum Gasteiger partial charge on any atom is -0.396 e. The fraction of sp³-hybridized carbons (Fsp3) is 0.765. The van der Waals surface area contributed by atoms with Crippen LogP contribution < -0.4 is 0 Å². The SMILES string of the molecule is Cn1nc(C(C)(C)C)cc1C(=O)N1CCC(OCCCO)CC1. The molecule has 2 heterocycles. The number of rotatable bonds is 5. The smallest absolute Gasteiger partial charge is 0.272 e. The van der Waals surface area contributed by atoms with Crippen LogP contribution in [0.2, 0.25) is 0 Å². The molecule has 0 aromatic carbocycles. The van der Waals surface area contributed by atoms with Crippen molar-refractivity contribution in [1.82, 2.24) is 14.7 Å². The molecule has 0 radical (unpaired) electrons. The van der Waals surface area contributed by atoms with Gasteiger partial charge in [-0.15, -0.1) is 0 Å². The maximum Gasteiger partial charge on any atom is 0.272 e. The van der Waals surface area contributed by atoms with Crippen molar-refractivity contribution in [2.24, 2.45) is 7.05 Å². The third-order valence-electron chi connectivity index (χ3n) is 4.25. The van der Waals surface area contributed by atoms with Gasteiger partial charge in [0.15, 0.2) is 0 Å². The van der Waals surface area contributed by atoms with Crippen molar-refractivity contribution in [3.63, 3.8) is 0 Å². The monoisotopic (exact) mass is 323 g/mol. The van der Waals surface area contributed by atoms with E-state index in [1.165, 1.54) is 0 Å². The van der Waals surface area contributed by atoms with Crippen molar-refractivity contribution in [2.45, 2.75) is 51.6 Å². The zero-order chi connectivity index (χ0) is 17.0. The van der Waals surface area contributed by atoms with Crippen molar-refractivity contribution in [1.29, 1.82) is 0 Å². The van der Waals surface area contributed by atoms with Gasteiger partial charge in [0.1, 0.15) is 5.69 Å². The molecule has 2 rings (SSSR count). The molecule has 0 unspecified atom stereocenters. The third-order valence-corrected chi connectivity index (χ3v) is 4.25. The number of amides is 1. The van der Waals surface area contributed by atoms with Crippen LogP contribution in [0.15, 0.2) is 6.07 Å². The predicted molar refractivity (Wildman–Crippen MR) is 88.5 cm³/mol. The number of hydrogen-bond donors (Lipinski definition) is 1. The zero-order valence-corrected chi connectivity index (χ0v) is 14.7. The van der Waals surface area contributed by atoms with Gasteiger partial charge in [-0.1, -0.05) is 20.8 Å². The van der Waals surface area contributed by atoms with E-state index in [-0.39, 0.29) is 24.0 Å². The van der Waals surface area contributed by atoms with Crippen LogP contribution in [0.1, 0.15) is 56.2 Å². The molecule has 130 valence electrons. The fourth-order valence-corrected chi connectivity index (χ4v) is 2.74. The van der Waals surface area contributed by atoms with Crippen LogP contribution in [0, 0.1) is 0 Å². The Balaban J connectivity index is 1.94. The molecule has 1 saturated heterocycles. The normalized spacial score (nSPS) is 16.8.